The Bertz CT molecular complexity index is 541. The van der Waals surface area contributed by atoms with Crippen molar-refractivity contribution in [2.75, 3.05) is 13.7 Å². The molecule has 0 bridgehead atoms. The van der Waals surface area contributed by atoms with E-state index in [0.717, 1.165) is 11.1 Å². The molecule has 0 saturated carbocycles. The Morgan fingerprint density at radius 3 is 2.48 bits per heavy atom. The molecule has 1 atom stereocenters. The van der Waals surface area contributed by atoms with Crippen molar-refractivity contribution in [2.24, 2.45) is 0 Å². The fourth-order valence-electron chi connectivity index (χ4n) is 1.76. The van der Waals surface area contributed by atoms with Crippen molar-refractivity contribution in [1.82, 2.24) is 10.6 Å². The highest BCUT2D eigenvalue weighted by Gasteiger charge is 2.18. The van der Waals surface area contributed by atoms with Gasteiger partial charge in [-0.05, 0) is 24.6 Å². The molecule has 5 heteroatoms. The molecule has 0 aliphatic rings. The van der Waals surface area contributed by atoms with E-state index in [0.29, 0.717) is 6.54 Å². The molecule has 1 rings (SSSR count). The SMILES string of the molecule is CC#Cc1ccc(CNC(=O)C(COC)NC(C)=O)cc1. The fraction of sp³-hybridized carbons (Fsp3) is 0.375. The van der Waals surface area contributed by atoms with Gasteiger partial charge in [0.15, 0.2) is 0 Å². The number of benzene rings is 1. The lowest BCUT2D eigenvalue weighted by atomic mass is 10.1. The van der Waals surface area contributed by atoms with Crippen molar-refractivity contribution < 1.29 is 14.3 Å². The molecule has 0 fully saturated rings. The third kappa shape index (κ3) is 6.11. The van der Waals surface area contributed by atoms with E-state index < -0.39 is 6.04 Å². The van der Waals surface area contributed by atoms with E-state index >= 15 is 0 Å². The van der Waals surface area contributed by atoms with Crippen LogP contribution >= 0.6 is 0 Å². The first-order chi connectivity index (χ1) is 10.1. The Morgan fingerprint density at radius 2 is 1.95 bits per heavy atom. The van der Waals surface area contributed by atoms with Gasteiger partial charge in [-0.2, -0.15) is 0 Å². The second-order valence-electron chi connectivity index (χ2n) is 4.50. The normalized spacial score (nSPS) is 11.0. The lowest BCUT2D eigenvalue weighted by Gasteiger charge is -2.16. The van der Waals surface area contributed by atoms with Crippen LogP contribution in [0.1, 0.15) is 25.0 Å². The fourth-order valence-corrected chi connectivity index (χ4v) is 1.76. The number of hydrogen-bond acceptors (Lipinski definition) is 3. The summed E-state index contributed by atoms with van der Waals surface area (Å²) in [6, 6.07) is 6.93. The molecule has 0 aliphatic carbocycles. The molecule has 2 amide bonds. The van der Waals surface area contributed by atoms with E-state index in [-0.39, 0.29) is 18.4 Å². The lowest BCUT2D eigenvalue weighted by Crippen LogP contribution is -2.48. The number of nitrogens with one attached hydrogen (secondary N) is 2. The maximum atomic E-state index is 12.0. The maximum absolute atomic E-state index is 12.0. The van der Waals surface area contributed by atoms with Gasteiger partial charge in [0.2, 0.25) is 11.8 Å². The van der Waals surface area contributed by atoms with Crippen molar-refractivity contribution in [3.05, 3.63) is 35.4 Å². The van der Waals surface area contributed by atoms with E-state index in [9.17, 15) is 9.59 Å². The van der Waals surface area contributed by atoms with E-state index in [1.165, 1.54) is 14.0 Å². The van der Waals surface area contributed by atoms with Crippen LogP contribution in [0.4, 0.5) is 0 Å². The minimum atomic E-state index is -0.683. The smallest absolute Gasteiger partial charge is 0.245 e. The zero-order chi connectivity index (χ0) is 15.7. The highest BCUT2D eigenvalue weighted by molar-refractivity contribution is 5.86. The molecule has 5 nitrogen and oxygen atoms in total. The Morgan fingerprint density at radius 1 is 1.29 bits per heavy atom. The van der Waals surface area contributed by atoms with Gasteiger partial charge in [-0.25, -0.2) is 0 Å². The van der Waals surface area contributed by atoms with Gasteiger partial charge in [0.05, 0.1) is 6.61 Å². The molecule has 1 aromatic carbocycles. The summed E-state index contributed by atoms with van der Waals surface area (Å²) in [5.74, 6) is 5.24. The first-order valence-electron chi connectivity index (χ1n) is 6.62. The molecule has 1 aromatic rings. The van der Waals surface area contributed by atoms with Crippen LogP contribution in [0, 0.1) is 11.8 Å². The Labute approximate surface area is 125 Å². The van der Waals surface area contributed by atoms with E-state index in [1.807, 2.05) is 24.3 Å². The quantitative estimate of drug-likeness (QED) is 0.762. The lowest BCUT2D eigenvalue weighted by molar-refractivity contribution is -0.129. The van der Waals surface area contributed by atoms with Crippen LogP contribution in [0.15, 0.2) is 24.3 Å². The van der Waals surface area contributed by atoms with Crippen LogP contribution in [0.5, 0.6) is 0 Å². The number of methoxy groups -OCH3 is 1. The predicted octanol–water partition coefficient (Wildman–Crippen LogP) is 0.825. The summed E-state index contributed by atoms with van der Waals surface area (Å²) >= 11 is 0. The minimum Gasteiger partial charge on any atom is -0.382 e. The van der Waals surface area contributed by atoms with Crippen molar-refractivity contribution in [3.8, 4) is 11.8 Å². The molecule has 0 spiro atoms. The molecular formula is C16H20N2O3. The minimum absolute atomic E-state index is 0.135. The van der Waals surface area contributed by atoms with Crippen LogP contribution in [-0.4, -0.2) is 31.6 Å². The van der Waals surface area contributed by atoms with Crippen LogP contribution in [0.25, 0.3) is 0 Å². The second-order valence-corrected chi connectivity index (χ2v) is 4.50. The van der Waals surface area contributed by atoms with Crippen molar-refractivity contribution >= 4 is 11.8 Å². The van der Waals surface area contributed by atoms with Gasteiger partial charge >= 0.3 is 0 Å². The topological polar surface area (TPSA) is 67.4 Å². The summed E-state index contributed by atoms with van der Waals surface area (Å²) < 4.78 is 4.93. The summed E-state index contributed by atoms with van der Waals surface area (Å²) in [6.07, 6.45) is 0. The third-order valence-electron chi connectivity index (χ3n) is 2.72. The molecule has 0 saturated heterocycles. The third-order valence-corrected chi connectivity index (χ3v) is 2.72. The predicted molar refractivity (Wildman–Crippen MR) is 80.3 cm³/mol. The van der Waals surface area contributed by atoms with Crippen LogP contribution in [0.2, 0.25) is 0 Å². The summed E-state index contributed by atoms with van der Waals surface area (Å²) in [5, 5.41) is 5.32. The number of amides is 2. The molecule has 0 radical (unpaired) electrons. The summed E-state index contributed by atoms with van der Waals surface area (Å²) in [7, 11) is 1.48. The van der Waals surface area contributed by atoms with Gasteiger partial charge in [0, 0.05) is 26.1 Å². The summed E-state index contributed by atoms with van der Waals surface area (Å²) in [4.78, 5) is 23.0. The number of rotatable bonds is 6. The van der Waals surface area contributed by atoms with Crippen LogP contribution in [0.3, 0.4) is 0 Å². The molecule has 0 aromatic heterocycles. The van der Waals surface area contributed by atoms with Gasteiger partial charge in [-0.1, -0.05) is 18.1 Å². The second kappa shape index (κ2) is 8.77. The van der Waals surface area contributed by atoms with Gasteiger partial charge in [-0.3, -0.25) is 9.59 Å². The average molecular weight is 288 g/mol. The Balaban J connectivity index is 2.56. The molecule has 21 heavy (non-hydrogen) atoms. The Kier molecular flexibility index (Phi) is 6.99. The van der Waals surface area contributed by atoms with Gasteiger partial charge in [-0.15, -0.1) is 5.92 Å². The zero-order valence-corrected chi connectivity index (χ0v) is 12.5. The van der Waals surface area contributed by atoms with Gasteiger partial charge in [0.25, 0.3) is 0 Å². The number of hydrogen-bond donors (Lipinski definition) is 2. The van der Waals surface area contributed by atoms with Crippen LogP contribution in [-0.2, 0) is 20.9 Å². The van der Waals surface area contributed by atoms with E-state index in [4.69, 9.17) is 4.74 Å². The zero-order valence-electron chi connectivity index (χ0n) is 12.5. The molecule has 0 aliphatic heterocycles. The molecule has 1 unspecified atom stereocenters. The van der Waals surface area contributed by atoms with Crippen molar-refractivity contribution in [3.63, 3.8) is 0 Å². The maximum Gasteiger partial charge on any atom is 0.245 e. The van der Waals surface area contributed by atoms with Gasteiger partial charge in [0.1, 0.15) is 6.04 Å². The highest BCUT2D eigenvalue weighted by Crippen LogP contribution is 2.03. The first kappa shape index (κ1) is 16.7. The number of carbonyl (C=O) groups excluding carboxylic acids is 2. The summed E-state index contributed by atoms with van der Waals surface area (Å²) in [6.45, 7) is 3.67. The molecule has 2 N–H and O–H groups in total. The standard InChI is InChI=1S/C16H20N2O3/c1-4-5-13-6-8-14(9-7-13)10-17-16(20)15(11-21-3)18-12(2)19/h6-9,15H,10-11H2,1-3H3,(H,17,20)(H,18,19). The molecule has 0 heterocycles. The largest absolute Gasteiger partial charge is 0.382 e. The number of carbonyl (C=O) groups is 2. The highest BCUT2D eigenvalue weighted by atomic mass is 16.5. The Hall–Kier alpha value is -2.32. The van der Waals surface area contributed by atoms with Gasteiger partial charge < -0.3 is 15.4 Å². The average Bonchev–Trinajstić information content (AvgIpc) is 2.45. The molecule has 112 valence electrons. The van der Waals surface area contributed by atoms with Crippen molar-refractivity contribution in [1.29, 1.82) is 0 Å². The van der Waals surface area contributed by atoms with Crippen LogP contribution < -0.4 is 10.6 Å². The molecular weight excluding hydrogens is 268 g/mol. The van der Waals surface area contributed by atoms with E-state index in [1.54, 1.807) is 6.92 Å². The summed E-state index contributed by atoms with van der Waals surface area (Å²) in [5.41, 5.74) is 1.90. The number of ether oxygens (including phenoxy) is 1. The monoisotopic (exact) mass is 288 g/mol. The van der Waals surface area contributed by atoms with E-state index in [2.05, 4.69) is 22.5 Å². The first-order valence-corrected chi connectivity index (χ1v) is 6.62. The van der Waals surface area contributed by atoms with Crippen molar-refractivity contribution in [2.45, 2.75) is 26.4 Å².